The Morgan fingerprint density at radius 2 is 2.10 bits per heavy atom. The molecule has 2 aromatic heterocycles. The first-order chi connectivity index (χ1) is 9.72. The molecule has 0 atom stereocenters. The second-order valence-corrected chi connectivity index (χ2v) is 4.82. The molecule has 0 saturated carbocycles. The summed E-state index contributed by atoms with van der Waals surface area (Å²) < 4.78 is 15.0. The summed E-state index contributed by atoms with van der Waals surface area (Å²) in [5.74, 6) is -0.351. The van der Waals surface area contributed by atoms with Crippen LogP contribution in [-0.4, -0.2) is 14.5 Å². The van der Waals surface area contributed by atoms with Crippen LogP contribution in [0.5, 0.6) is 0 Å². The van der Waals surface area contributed by atoms with E-state index in [9.17, 15) is 4.39 Å². The Balaban J connectivity index is 1.85. The molecular weight excluding hydrogens is 277 g/mol. The van der Waals surface area contributed by atoms with Crippen LogP contribution < -0.4 is 0 Å². The maximum absolute atomic E-state index is 13.0. The fourth-order valence-electron chi connectivity index (χ4n) is 1.97. The van der Waals surface area contributed by atoms with E-state index in [0.29, 0.717) is 11.6 Å². The standard InChI is InChI=1S/C15H11ClFN3/c16-14-7-12(17)2-3-13(14)15-4-1-11(8-19-15)9-20-6-5-18-10-20/h1-8,10H,9H2. The lowest BCUT2D eigenvalue weighted by atomic mass is 10.1. The van der Waals surface area contributed by atoms with E-state index < -0.39 is 0 Å². The monoisotopic (exact) mass is 287 g/mol. The zero-order valence-electron chi connectivity index (χ0n) is 10.5. The van der Waals surface area contributed by atoms with E-state index in [1.54, 1.807) is 24.8 Å². The molecule has 3 nitrogen and oxygen atoms in total. The van der Waals surface area contributed by atoms with Crippen molar-refractivity contribution in [1.82, 2.24) is 14.5 Å². The SMILES string of the molecule is Fc1ccc(-c2ccc(Cn3ccnc3)cn2)c(Cl)c1. The topological polar surface area (TPSA) is 30.7 Å². The van der Waals surface area contributed by atoms with E-state index in [1.807, 2.05) is 22.9 Å². The highest BCUT2D eigenvalue weighted by molar-refractivity contribution is 6.33. The first-order valence-electron chi connectivity index (χ1n) is 6.08. The minimum atomic E-state index is -0.351. The number of aromatic nitrogens is 3. The number of halogens is 2. The first-order valence-corrected chi connectivity index (χ1v) is 6.46. The van der Waals surface area contributed by atoms with E-state index in [1.165, 1.54) is 12.1 Å². The van der Waals surface area contributed by atoms with Gasteiger partial charge in [0.1, 0.15) is 5.82 Å². The molecule has 5 heteroatoms. The van der Waals surface area contributed by atoms with Crippen molar-refractivity contribution in [3.05, 3.63) is 71.7 Å². The van der Waals surface area contributed by atoms with Gasteiger partial charge in [0.15, 0.2) is 0 Å². The minimum absolute atomic E-state index is 0.351. The van der Waals surface area contributed by atoms with E-state index in [4.69, 9.17) is 11.6 Å². The van der Waals surface area contributed by atoms with Gasteiger partial charge in [0.05, 0.1) is 17.0 Å². The predicted octanol–water partition coefficient (Wildman–Crippen LogP) is 3.79. The smallest absolute Gasteiger partial charge is 0.124 e. The van der Waals surface area contributed by atoms with Crippen LogP contribution in [0.4, 0.5) is 4.39 Å². The van der Waals surface area contributed by atoms with Gasteiger partial charge in [0, 0.05) is 30.7 Å². The second-order valence-electron chi connectivity index (χ2n) is 4.41. The molecule has 20 heavy (non-hydrogen) atoms. The quantitative estimate of drug-likeness (QED) is 0.734. The van der Waals surface area contributed by atoms with Crippen LogP contribution in [0, 0.1) is 5.82 Å². The van der Waals surface area contributed by atoms with Gasteiger partial charge in [0.25, 0.3) is 0 Å². The molecule has 0 radical (unpaired) electrons. The van der Waals surface area contributed by atoms with Crippen molar-refractivity contribution in [3.63, 3.8) is 0 Å². The van der Waals surface area contributed by atoms with E-state index >= 15 is 0 Å². The molecule has 0 spiro atoms. The van der Waals surface area contributed by atoms with Crippen molar-refractivity contribution in [2.45, 2.75) is 6.54 Å². The Labute approximate surface area is 120 Å². The lowest BCUT2D eigenvalue weighted by Crippen LogP contribution is -1.97. The van der Waals surface area contributed by atoms with Crippen molar-refractivity contribution in [1.29, 1.82) is 0 Å². The van der Waals surface area contributed by atoms with Crippen LogP contribution in [0.3, 0.4) is 0 Å². The molecule has 0 bridgehead atoms. The molecule has 0 fully saturated rings. The van der Waals surface area contributed by atoms with Crippen molar-refractivity contribution < 1.29 is 4.39 Å². The second kappa shape index (κ2) is 5.43. The summed E-state index contributed by atoms with van der Waals surface area (Å²) in [6.45, 7) is 0.713. The summed E-state index contributed by atoms with van der Waals surface area (Å²) in [6.07, 6.45) is 7.17. The largest absolute Gasteiger partial charge is 0.333 e. The van der Waals surface area contributed by atoms with Crippen LogP contribution in [-0.2, 0) is 6.54 Å². The molecule has 0 aliphatic heterocycles. The summed E-state index contributed by atoms with van der Waals surface area (Å²) in [5, 5.41) is 0.361. The molecule has 1 aromatic carbocycles. The molecule has 3 rings (SSSR count). The Hall–Kier alpha value is -2.20. The number of nitrogens with zero attached hydrogens (tertiary/aromatic N) is 3. The summed E-state index contributed by atoms with van der Waals surface area (Å²) in [5.41, 5.74) is 2.51. The summed E-state index contributed by atoms with van der Waals surface area (Å²) in [7, 11) is 0. The average Bonchev–Trinajstić information content (AvgIpc) is 2.93. The van der Waals surface area contributed by atoms with E-state index in [-0.39, 0.29) is 5.82 Å². The minimum Gasteiger partial charge on any atom is -0.333 e. The van der Waals surface area contributed by atoms with Gasteiger partial charge >= 0.3 is 0 Å². The number of imidazole rings is 1. The normalized spacial score (nSPS) is 10.7. The summed E-state index contributed by atoms with van der Waals surface area (Å²) in [4.78, 5) is 8.37. The molecule has 3 aromatic rings. The van der Waals surface area contributed by atoms with Gasteiger partial charge in [-0.05, 0) is 29.8 Å². The Morgan fingerprint density at radius 1 is 1.20 bits per heavy atom. The molecule has 0 N–H and O–H groups in total. The lowest BCUT2D eigenvalue weighted by molar-refractivity contribution is 0.628. The summed E-state index contributed by atoms with van der Waals surface area (Å²) >= 11 is 6.03. The van der Waals surface area contributed by atoms with E-state index in [2.05, 4.69) is 9.97 Å². The van der Waals surface area contributed by atoms with Crippen LogP contribution in [0.25, 0.3) is 11.3 Å². The zero-order valence-corrected chi connectivity index (χ0v) is 11.3. The molecule has 0 aliphatic rings. The molecule has 0 unspecified atom stereocenters. The van der Waals surface area contributed by atoms with Crippen LogP contribution >= 0.6 is 11.6 Å². The number of rotatable bonds is 3. The number of benzene rings is 1. The van der Waals surface area contributed by atoms with Crippen LogP contribution in [0.15, 0.2) is 55.2 Å². The van der Waals surface area contributed by atoms with Crippen molar-refractivity contribution in [3.8, 4) is 11.3 Å². The molecule has 0 aliphatic carbocycles. The van der Waals surface area contributed by atoms with Crippen LogP contribution in [0.2, 0.25) is 5.02 Å². The number of hydrogen-bond acceptors (Lipinski definition) is 2. The third-order valence-corrected chi connectivity index (χ3v) is 3.27. The number of pyridine rings is 1. The fourth-order valence-corrected chi connectivity index (χ4v) is 2.23. The molecule has 2 heterocycles. The Morgan fingerprint density at radius 3 is 2.75 bits per heavy atom. The van der Waals surface area contributed by atoms with Gasteiger partial charge < -0.3 is 4.57 Å². The van der Waals surface area contributed by atoms with Crippen molar-refractivity contribution >= 4 is 11.6 Å². The summed E-state index contributed by atoms with van der Waals surface area (Å²) in [6, 6.07) is 8.16. The van der Waals surface area contributed by atoms with Crippen molar-refractivity contribution in [2.75, 3.05) is 0 Å². The van der Waals surface area contributed by atoms with E-state index in [0.717, 1.165) is 16.8 Å². The molecule has 100 valence electrons. The van der Waals surface area contributed by atoms with Gasteiger partial charge in [0.2, 0.25) is 0 Å². The van der Waals surface area contributed by atoms with Crippen LogP contribution in [0.1, 0.15) is 5.56 Å². The highest BCUT2D eigenvalue weighted by atomic mass is 35.5. The Bertz CT molecular complexity index is 708. The lowest BCUT2D eigenvalue weighted by Gasteiger charge is -2.06. The highest BCUT2D eigenvalue weighted by Gasteiger charge is 2.06. The van der Waals surface area contributed by atoms with Gasteiger partial charge in [-0.3, -0.25) is 4.98 Å². The zero-order chi connectivity index (χ0) is 13.9. The third-order valence-electron chi connectivity index (χ3n) is 2.96. The van der Waals surface area contributed by atoms with Gasteiger partial charge in [-0.2, -0.15) is 0 Å². The molecule has 0 amide bonds. The molecule has 0 saturated heterocycles. The van der Waals surface area contributed by atoms with Gasteiger partial charge in [-0.15, -0.1) is 0 Å². The van der Waals surface area contributed by atoms with Gasteiger partial charge in [-0.1, -0.05) is 17.7 Å². The van der Waals surface area contributed by atoms with Gasteiger partial charge in [-0.25, -0.2) is 9.37 Å². The molecular formula is C15H11ClFN3. The fraction of sp³-hybridized carbons (Fsp3) is 0.0667. The average molecular weight is 288 g/mol. The number of hydrogen-bond donors (Lipinski definition) is 0. The third kappa shape index (κ3) is 2.70. The maximum atomic E-state index is 13.0. The highest BCUT2D eigenvalue weighted by Crippen LogP contribution is 2.27. The predicted molar refractivity (Wildman–Crippen MR) is 76.0 cm³/mol. The van der Waals surface area contributed by atoms with Crippen molar-refractivity contribution in [2.24, 2.45) is 0 Å². The maximum Gasteiger partial charge on any atom is 0.124 e. The first kappa shape index (κ1) is 12.8. The Kier molecular flexibility index (Phi) is 3.48.